The Kier molecular flexibility index (Phi) is 8.12. The fourth-order valence-electron chi connectivity index (χ4n) is 2.81. The highest BCUT2D eigenvalue weighted by atomic mass is 19.1. The van der Waals surface area contributed by atoms with Gasteiger partial charge in [0.15, 0.2) is 13.1 Å². The molecule has 7 nitrogen and oxygen atoms in total. The Morgan fingerprint density at radius 3 is 2.66 bits per heavy atom. The van der Waals surface area contributed by atoms with Crippen molar-refractivity contribution in [2.24, 2.45) is 0 Å². The predicted molar refractivity (Wildman–Crippen MR) is 107 cm³/mol. The number of hydrogen-bond acceptors (Lipinski definition) is 4. The van der Waals surface area contributed by atoms with Crippen molar-refractivity contribution in [3.63, 3.8) is 0 Å². The summed E-state index contributed by atoms with van der Waals surface area (Å²) >= 11 is 0. The van der Waals surface area contributed by atoms with Crippen LogP contribution in [-0.4, -0.2) is 45.6 Å². The van der Waals surface area contributed by atoms with E-state index in [0.29, 0.717) is 16.3 Å². The maximum Gasteiger partial charge on any atom is 0.282 e. The summed E-state index contributed by atoms with van der Waals surface area (Å²) in [5.41, 5.74) is 0.719. The third-order valence-corrected chi connectivity index (χ3v) is 4.16. The standard InChI is InChI=1S/C21H23FN4O3/c1-25(14-20(27)24-16-7-5-8-17(13-16)29-2)15-21(28)26(12-6-11-23)19-10-4-3-9-18(19)22/h3-5,7-10,13H,6,12,14-15H2,1-2H3,(H,24,27)/p+1. The van der Waals surface area contributed by atoms with Crippen LogP contribution in [0, 0.1) is 17.1 Å². The molecule has 2 aromatic carbocycles. The van der Waals surface area contributed by atoms with E-state index in [2.05, 4.69) is 5.32 Å². The van der Waals surface area contributed by atoms with Crippen LogP contribution in [0.2, 0.25) is 0 Å². The number of amides is 2. The molecule has 2 aromatic rings. The number of rotatable bonds is 9. The lowest BCUT2D eigenvalue weighted by Crippen LogP contribution is -3.11. The van der Waals surface area contributed by atoms with Crippen molar-refractivity contribution in [2.45, 2.75) is 6.42 Å². The summed E-state index contributed by atoms with van der Waals surface area (Å²) in [4.78, 5) is 26.9. The summed E-state index contributed by atoms with van der Waals surface area (Å²) in [6, 6.07) is 14.8. The predicted octanol–water partition coefficient (Wildman–Crippen LogP) is 1.23. The van der Waals surface area contributed by atoms with Gasteiger partial charge < -0.3 is 19.9 Å². The zero-order chi connectivity index (χ0) is 21.2. The molecule has 0 saturated heterocycles. The maximum absolute atomic E-state index is 14.1. The van der Waals surface area contributed by atoms with Gasteiger partial charge in [-0.05, 0) is 24.3 Å². The highest BCUT2D eigenvalue weighted by Gasteiger charge is 2.23. The molecular formula is C21H24FN4O3+. The summed E-state index contributed by atoms with van der Waals surface area (Å²) in [6.07, 6.45) is 0.0788. The van der Waals surface area contributed by atoms with Gasteiger partial charge in [0.05, 0.1) is 32.3 Å². The molecule has 0 heterocycles. The van der Waals surface area contributed by atoms with Crippen molar-refractivity contribution >= 4 is 23.2 Å². The normalized spacial score (nSPS) is 11.2. The Balaban J connectivity index is 1.98. The molecule has 2 N–H and O–H groups in total. The van der Waals surface area contributed by atoms with Crippen LogP contribution in [0.1, 0.15) is 6.42 Å². The number of quaternary nitrogens is 1. The average molecular weight is 399 g/mol. The number of hydrogen-bond donors (Lipinski definition) is 2. The van der Waals surface area contributed by atoms with E-state index >= 15 is 0 Å². The van der Waals surface area contributed by atoms with E-state index in [-0.39, 0.29) is 43.6 Å². The fraction of sp³-hybridized carbons (Fsp3) is 0.286. The highest BCUT2D eigenvalue weighted by Crippen LogP contribution is 2.19. The molecule has 1 atom stereocenters. The van der Waals surface area contributed by atoms with Crippen LogP contribution < -0.4 is 19.9 Å². The molecule has 29 heavy (non-hydrogen) atoms. The zero-order valence-electron chi connectivity index (χ0n) is 16.4. The van der Waals surface area contributed by atoms with Gasteiger partial charge in [-0.3, -0.25) is 9.59 Å². The monoisotopic (exact) mass is 399 g/mol. The second kappa shape index (κ2) is 10.8. The van der Waals surface area contributed by atoms with Gasteiger partial charge in [0, 0.05) is 18.3 Å². The molecule has 2 rings (SSSR count). The van der Waals surface area contributed by atoms with Crippen molar-refractivity contribution in [1.29, 1.82) is 5.26 Å². The lowest BCUT2D eigenvalue weighted by atomic mass is 10.2. The molecule has 8 heteroatoms. The first-order chi connectivity index (χ1) is 13.9. The van der Waals surface area contributed by atoms with E-state index in [4.69, 9.17) is 10.00 Å². The van der Waals surface area contributed by atoms with Gasteiger partial charge in [-0.1, -0.05) is 18.2 Å². The van der Waals surface area contributed by atoms with E-state index in [9.17, 15) is 14.0 Å². The van der Waals surface area contributed by atoms with E-state index in [1.807, 2.05) is 6.07 Å². The zero-order valence-corrected chi connectivity index (χ0v) is 16.4. The molecule has 0 spiro atoms. The molecular weight excluding hydrogens is 375 g/mol. The Morgan fingerprint density at radius 2 is 1.97 bits per heavy atom. The number of methoxy groups -OCH3 is 1. The minimum atomic E-state index is -0.535. The smallest absolute Gasteiger partial charge is 0.282 e. The van der Waals surface area contributed by atoms with Crippen molar-refractivity contribution in [3.8, 4) is 11.8 Å². The number of likely N-dealkylation sites (N-methyl/N-ethyl adjacent to an activating group) is 1. The number of halogens is 1. The minimum Gasteiger partial charge on any atom is -0.497 e. The molecule has 0 aliphatic carbocycles. The molecule has 0 saturated carbocycles. The first-order valence-corrected chi connectivity index (χ1v) is 9.11. The van der Waals surface area contributed by atoms with Crippen molar-refractivity contribution in [2.75, 3.05) is 44.0 Å². The molecule has 0 fully saturated rings. The van der Waals surface area contributed by atoms with Crippen molar-refractivity contribution < 1.29 is 23.6 Å². The summed E-state index contributed by atoms with van der Waals surface area (Å²) in [5.74, 6) is -0.543. The molecule has 0 aliphatic rings. The van der Waals surface area contributed by atoms with Crippen LogP contribution in [0.5, 0.6) is 5.75 Å². The maximum atomic E-state index is 14.1. The SMILES string of the molecule is COc1cccc(NC(=O)C[NH+](C)CC(=O)N(CCC#N)c2ccccc2F)c1. The van der Waals surface area contributed by atoms with Crippen LogP contribution in [0.4, 0.5) is 15.8 Å². The largest absolute Gasteiger partial charge is 0.497 e. The number of para-hydroxylation sites is 1. The van der Waals surface area contributed by atoms with Crippen molar-refractivity contribution in [3.05, 3.63) is 54.3 Å². The number of carbonyl (C=O) groups is 2. The second-order valence-electron chi connectivity index (χ2n) is 6.50. The summed E-state index contributed by atoms with van der Waals surface area (Å²) < 4.78 is 19.2. The highest BCUT2D eigenvalue weighted by molar-refractivity contribution is 5.95. The quantitative estimate of drug-likeness (QED) is 0.664. The molecule has 0 aliphatic heterocycles. The Morgan fingerprint density at radius 1 is 1.21 bits per heavy atom. The number of benzene rings is 2. The van der Waals surface area contributed by atoms with Crippen LogP contribution in [0.3, 0.4) is 0 Å². The molecule has 0 radical (unpaired) electrons. The topological polar surface area (TPSA) is 86.9 Å². The second-order valence-corrected chi connectivity index (χ2v) is 6.50. The molecule has 152 valence electrons. The minimum absolute atomic E-state index is 0.0225. The summed E-state index contributed by atoms with van der Waals surface area (Å²) in [5, 5.41) is 11.6. The Labute approximate surface area is 169 Å². The number of anilines is 2. The van der Waals surface area contributed by atoms with E-state index in [0.717, 1.165) is 0 Å². The van der Waals surface area contributed by atoms with Gasteiger partial charge in [-0.25, -0.2) is 4.39 Å². The number of carbonyl (C=O) groups excluding carboxylic acids is 2. The van der Waals surface area contributed by atoms with Gasteiger partial charge >= 0.3 is 0 Å². The average Bonchev–Trinajstić information content (AvgIpc) is 2.69. The number of nitriles is 1. The Hall–Kier alpha value is -3.44. The molecule has 1 unspecified atom stereocenters. The third-order valence-electron chi connectivity index (χ3n) is 4.16. The van der Waals surface area contributed by atoms with Crippen LogP contribution in [0.15, 0.2) is 48.5 Å². The van der Waals surface area contributed by atoms with E-state index in [1.54, 1.807) is 37.4 Å². The Bertz CT molecular complexity index is 897. The summed E-state index contributed by atoms with van der Waals surface area (Å²) in [6.45, 7) is 0.108. The number of nitrogens with one attached hydrogen (secondary N) is 2. The van der Waals surface area contributed by atoms with Gasteiger partial charge in [-0.15, -0.1) is 0 Å². The lowest BCUT2D eigenvalue weighted by Gasteiger charge is -2.23. The molecule has 0 aromatic heterocycles. The van der Waals surface area contributed by atoms with Crippen LogP contribution in [-0.2, 0) is 9.59 Å². The van der Waals surface area contributed by atoms with Gasteiger partial charge in [0.2, 0.25) is 0 Å². The van der Waals surface area contributed by atoms with E-state index < -0.39 is 5.82 Å². The van der Waals surface area contributed by atoms with Crippen molar-refractivity contribution in [1.82, 2.24) is 0 Å². The first kappa shape index (κ1) is 21.9. The lowest BCUT2D eigenvalue weighted by molar-refractivity contribution is -0.862. The number of ether oxygens (including phenoxy) is 1. The first-order valence-electron chi connectivity index (χ1n) is 9.11. The number of nitrogens with zero attached hydrogens (tertiary/aromatic N) is 2. The van der Waals surface area contributed by atoms with Crippen LogP contribution >= 0.6 is 0 Å². The van der Waals surface area contributed by atoms with Gasteiger partial charge in [0.25, 0.3) is 11.8 Å². The van der Waals surface area contributed by atoms with E-state index in [1.165, 1.54) is 30.2 Å². The fourth-order valence-corrected chi connectivity index (χ4v) is 2.81. The van der Waals surface area contributed by atoms with Gasteiger partial charge in [0.1, 0.15) is 11.6 Å². The van der Waals surface area contributed by atoms with Gasteiger partial charge in [-0.2, -0.15) is 5.26 Å². The van der Waals surface area contributed by atoms with Crippen LogP contribution in [0.25, 0.3) is 0 Å². The third kappa shape index (κ3) is 6.59. The summed E-state index contributed by atoms with van der Waals surface area (Å²) in [7, 11) is 3.24. The molecule has 0 bridgehead atoms. The molecule has 2 amide bonds.